The largest absolute Gasteiger partial charge is 0.382 e. The number of carbonyl (C=O) groups excluding carboxylic acids is 1. The van der Waals surface area contributed by atoms with Gasteiger partial charge in [-0.1, -0.05) is 0 Å². The van der Waals surface area contributed by atoms with Crippen molar-refractivity contribution in [1.82, 2.24) is 19.7 Å². The topological polar surface area (TPSA) is 123 Å². The molecule has 0 radical (unpaired) electrons. The molecular weight excluding hydrogens is 313 g/mol. The average molecular weight is 325 g/mol. The summed E-state index contributed by atoms with van der Waals surface area (Å²) in [6, 6.07) is 5.21. The zero-order chi connectivity index (χ0) is 17.1. The van der Waals surface area contributed by atoms with Crippen LogP contribution < -0.4 is 11.1 Å². The molecule has 3 aromatic heterocycles. The quantitative estimate of drug-likeness (QED) is 0.726. The summed E-state index contributed by atoms with van der Waals surface area (Å²) in [5, 5.41) is 16.6. The van der Waals surface area contributed by atoms with Crippen LogP contribution in [0, 0.1) is 11.3 Å². The van der Waals surface area contributed by atoms with E-state index in [1.165, 1.54) is 17.1 Å². The Hall–Kier alpha value is -3.54. The highest BCUT2D eigenvalue weighted by Crippen LogP contribution is 2.21. The van der Waals surface area contributed by atoms with Gasteiger partial charge in [0.2, 0.25) is 0 Å². The molecule has 0 aliphatic carbocycles. The van der Waals surface area contributed by atoms with Crippen LogP contribution in [0.4, 0.5) is 10.1 Å². The zero-order valence-corrected chi connectivity index (χ0v) is 12.4. The SMILES string of the molecule is N#Cc1cnc2c(cnn2-c2cc(NCCF)c(C(N)=O)cn2)c1. The lowest BCUT2D eigenvalue weighted by atomic mass is 10.2. The lowest BCUT2D eigenvalue weighted by Crippen LogP contribution is -2.17. The Balaban J connectivity index is 2.09. The van der Waals surface area contributed by atoms with Crippen molar-refractivity contribution >= 4 is 22.6 Å². The van der Waals surface area contributed by atoms with Gasteiger partial charge in [0.1, 0.15) is 12.7 Å². The number of rotatable bonds is 5. The van der Waals surface area contributed by atoms with E-state index in [1.54, 1.807) is 18.3 Å². The summed E-state index contributed by atoms with van der Waals surface area (Å²) >= 11 is 0. The Kier molecular flexibility index (Phi) is 4.03. The molecule has 0 saturated carbocycles. The number of pyridine rings is 2. The van der Waals surface area contributed by atoms with E-state index in [2.05, 4.69) is 20.4 Å². The number of hydrogen-bond acceptors (Lipinski definition) is 6. The third kappa shape index (κ3) is 2.72. The maximum absolute atomic E-state index is 12.4. The summed E-state index contributed by atoms with van der Waals surface area (Å²) in [6.07, 6.45) is 4.29. The van der Waals surface area contributed by atoms with Crippen LogP contribution in [0.1, 0.15) is 15.9 Å². The van der Waals surface area contributed by atoms with E-state index in [1.807, 2.05) is 6.07 Å². The lowest BCUT2D eigenvalue weighted by molar-refractivity contribution is 0.100. The third-order valence-electron chi connectivity index (χ3n) is 3.32. The first-order valence-electron chi connectivity index (χ1n) is 6.98. The van der Waals surface area contributed by atoms with Crippen LogP contribution in [-0.4, -0.2) is 38.9 Å². The van der Waals surface area contributed by atoms with Crippen LogP contribution in [0.25, 0.3) is 16.9 Å². The van der Waals surface area contributed by atoms with Crippen molar-refractivity contribution in [3.05, 3.63) is 41.9 Å². The van der Waals surface area contributed by atoms with E-state index in [0.29, 0.717) is 28.1 Å². The van der Waals surface area contributed by atoms with Gasteiger partial charge in [0, 0.05) is 30.4 Å². The number of alkyl halides is 1. The minimum Gasteiger partial charge on any atom is -0.382 e. The molecule has 24 heavy (non-hydrogen) atoms. The molecule has 0 saturated heterocycles. The van der Waals surface area contributed by atoms with Crippen LogP contribution in [0.2, 0.25) is 0 Å². The van der Waals surface area contributed by atoms with Gasteiger partial charge in [-0.2, -0.15) is 15.0 Å². The molecule has 3 heterocycles. The number of carbonyl (C=O) groups is 1. The van der Waals surface area contributed by atoms with Gasteiger partial charge in [-0.3, -0.25) is 4.79 Å². The number of halogens is 1. The fraction of sp³-hybridized carbons (Fsp3) is 0.133. The zero-order valence-electron chi connectivity index (χ0n) is 12.4. The molecule has 3 N–H and O–H groups in total. The van der Waals surface area contributed by atoms with Crippen LogP contribution in [0.15, 0.2) is 30.7 Å². The summed E-state index contributed by atoms with van der Waals surface area (Å²) in [6.45, 7) is -0.563. The van der Waals surface area contributed by atoms with Gasteiger partial charge < -0.3 is 11.1 Å². The fourth-order valence-electron chi connectivity index (χ4n) is 2.23. The van der Waals surface area contributed by atoms with Gasteiger partial charge in [0.15, 0.2) is 11.5 Å². The van der Waals surface area contributed by atoms with E-state index in [4.69, 9.17) is 11.0 Å². The number of hydrogen-bond donors (Lipinski definition) is 2. The third-order valence-corrected chi connectivity index (χ3v) is 3.32. The molecular formula is C15H12FN7O. The maximum Gasteiger partial charge on any atom is 0.252 e. The second-order valence-corrected chi connectivity index (χ2v) is 4.87. The highest BCUT2D eigenvalue weighted by Gasteiger charge is 2.14. The molecule has 0 aromatic carbocycles. The summed E-state index contributed by atoms with van der Waals surface area (Å²) in [7, 11) is 0. The molecule has 3 rings (SSSR count). The van der Waals surface area contributed by atoms with Crippen molar-refractivity contribution in [2.75, 3.05) is 18.5 Å². The Morgan fingerprint density at radius 2 is 2.17 bits per heavy atom. The second kappa shape index (κ2) is 6.29. The molecule has 0 aliphatic heterocycles. The van der Waals surface area contributed by atoms with Gasteiger partial charge in [0.25, 0.3) is 5.91 Å². The number of nitrogens with zero attached hydrogens (tertiary/aromatic N) is 5. The molecule has 0 aliphatic rings. The summed E-state index contributed by atoms with van der Waals surface area (Å²) in [4.78, 5) is 19.8. The maximum atomic E-state index is 12.4. The number of anilines is 1. The number of amides is 1. The first-order chi connectivity index (χ1) is 11.6. The summed E-state index contributed by atoms with van der Waals surface area (Å²) in [5.74, 6) is -0.286. The minimum absolute atomic E-state index is 0.0351. The van der Waals surface area contributed by atoms with Gasteiger partial charge in [0.05, 0.1) is 23.0 Å². The van der Waals surface area contributed by atoms with Crippen molar-refractivity contribution in [2.45, 2.75) is 0 Å². The number of nitriles is 1. The molecule has 0 bridgehead atoms. The molecule has 9 heteroatoms. The van der Waals surface area contributed by atoms with E-state index in [-0.39, 0.29) is 12.1 Å². The monoisotopic (exact) mass is 325 g/mol. The van der Waals surface area contributed by atoms with E-state index in [0.717, 1.165) is 0 Å². The minimum atomic E-state index is -0.669. The molecule has 0 fully saturated rings. The Morgan fingerprint density at radius 3 is 2.88 bits per heavy atom. The van der Waals surface area contributed by atoms with Gasteiger partial charge in [-0.15, -0.1) is 0 Å². The first kappa shape index (κ1) is 15.4. The van der Waals surface area contributed by atoms with E-state index >= 15 is 0 Å². The van der Waals surface area contributed by atoms with E-state index < -0.39 is 12.6 Å². The molecule has 120 valence electrons. The Morgan fingerprint density at radius 1 is 1.33 bits per heavy atom. The average Bonchev–Trinajstić information content (AvgIpc) is 3.02. The van der Waals surface area contributed by atoms with Gasteiger partial charge in [-0.25, -0.2) is 14.4 Å². The molecule has 0 atom stereocenters. The number of primary amides is 1. The highest BCUT2D eigenvalue weighted by atomic mass is 19.1. The van der Waals surface area contributed by atoms with E-state index in [9.17, 15) is 9.18 Å². The summed E-state index contributed by atoms with van der Waals surface area (Å²) in [5.41, 5.74) is 6.74. The van der Waals surface area contributed by atoms with Crippen molar-refractivity contribution in [2.24, 2.45) is 5.73 Å². The molecule has 0 spiro atoms. The fourth-order valence-corrected chi connectivity index (χ4v) is 2.23. The second-order valence-electron chi connectivity index (χ2n) is 4.87. The predicted molar refractivity (Wildman–Crippen MR) is 84.4 cm³/mol. The first-order valence-corrected chi connectivity index (χ1v) is 6.98. The standard InChI is InChI=1S/C15H12FN7O/c16-1-2-19-12-4-13(20-8-11(12)14(18)24)23-15-10(7-22-23)3-9(5-17)6-21-15/h3-4,6-8H,1-2H2,(H2,18,24)(H,19,20). The molecule has 3 aromatic rings. The Labute approximate surface area is 135 Å². The Bertz CT molecular complexity index is 960. The molecule has 8 nitrogen and oxygen atoms in total. The number of nitrogens with one attached hydrogen (secondary N) is 1. The van der Waals surface area contributed by atoms with Crippen molar-refractivity contribution in [3.63, 3.8) is 0 Å². The number of fused-ring (bicyclic) bond motifs is 1. The highest BCUT2D eigenvalue weighted by molar-refractivity contribution is 5.98. The normalized spacial score (nSPS) is 10.5. The van der Waals surface area contributed by atoms with Crippen LogP contribution in [-0.2, 0) is 0 Å². The van der Waals surface area contributed by atoms with Crippen LogP contribution >= 0.6 is 0 Å². The van der Waals surface area contributed by atoms with Gasteiger partial charge in [-0.05, 0) is 6.07 Å². The predicted octanol–water partition coefficient (Wildman–Crippen LogP) is 1.17. The number of aromatic nitrogens is 4. The van der Waals surface area contributed by atoms with Crippen molar-refractivity contribution in [1.29, 1.82) is 5.26 Å². The molecule has 1 amide bonds. The van der Waals surface area contributed by atoms with Gasteiger partial charge >= 0.3 is 0 Å². The lowest BCUT2D eigenvalue weighted by Gasteiger charge is -2.10. The molecule has 0 unspecified atom stereocenters. The van der Waals surface area contributed by atoms with Crippen molar-refractivity contribution < 1.29 is 9.18 Å². The van der Waals surface area contributed by atoms with Crippen LogP contribution in [0.5, 0.6) is 0 Å². The number of nitrogens with two attached hydrogens (primary N) is 1. The smallest absolute Gasteiger partial charge is 0.252 e. The summed E-state index contributed by atoms with van der Waals surface area (Å²) < 4.78 is 13.9. The van der Waals surface area contributed by atoms with Crippen LogP contribution in [0.3, 0.4) is 0 Å². The van der Waals surface area contributed by atoms with Crippen molar-refractivity contribution in [3.8, 4) is 11.9 Å².